The summed E-state index contributed by atoms with van der Waals surface area (Å²) >= 11 is 0. The van der Waals surface area contributed by atoms with Crippen LogP contribution in [0.2, 0.25) is 0 Å². The van der Waals surface area contributed by atoms with Crippen LogP contribution in [0.4, 0.5) is 0 Å². The van der Waals surface area contributed by atoms with E-state index >= 15 is 0 Å². The number of hydrogen-bond acceptors (Lipinski definition) is 3. The normalized spacial score (nSPS) is 9.30. The van der Waals surface area contributed by atoms with Crippen molar-refractivity contribution in [1.29, 1.82) is 0 Å². The van der Waals surface area contributed by atoms with Gasteiger partial charge >= 0.3 is 5.97 Å². The molecule has 0 spiro atoms. The zero-order valence-electron chi connectivity index (χ0n) is 5.54. The van der Waals surface area contributed by atoms with E-state index in [2.05, 4.69) is 11.3 Å². The molecule has 0 saturated carbocycles. The van der Waals surface area contributed by atoms with Gasteiger partial charge < -0.3 is 14.9 Å². The van der Waals surface area contributed by atoms with E-state index in [4.69, 9.17) is 10.2 Å². The first-order valence-electron chi connectivity index (χ1n) is 2.78. The fraction of sp³-hybridized carbons (Fsp3) is 0.500. The van der Waals surface area contributed by atoms with E-state index in [1.807, 2.05) is 0 Å². The lowest BCUT2D eigenvalue weighted by molar-refractivity contribution is -0.133. The highest BCUT2D eigenvalue weighted by Gasteiger charge is 2.01. The lowest BCUT2D eigenvalue weighted by Crippen LogP contribution is -2.08. The van der Waals surface area contributed by atoms with Gasteiger partial charge in [-0.05, 0) is 0 Å². The third-order valence-corrected chi connectivity index (χ3v) is 0.814. The fourth-order valence-electron chi connectivity index (χ4n) is 0.322. The van der Waals surface area contributed by atoms with Gasteiger partial charge in [-0.1, -0.05) is 6.58 Å². The van der Waals surface area contributed by atoms with Gasteiger partial charge in [0, 0.05) is 0 Å². The molecule has 0 aromatic heterocycles. The van der Waals surface area contributed by atoms with Crippen molar-refractivity contribution < 1.29 is 19.7 Å². The number of aliphatic hydroxyl groups excluding tert-OH is 1. The van der Waals surface area contributed by atoms with Crippen LogP contribution in [0.3, 0.4) is 0 Å². The third kappa shape index (κ3) is 4.05. The molecule has 0 radical (unpaired) electrons. The van der Waals surface area contributed by atoms with Gasteiger partial charge in [-0.3, -0.25) is 0 Å². The Bertz CT molecular complexity index is 130. The highest BCUT2D eigenvalue weighted by Crippen LogP contribution is 1.89. The Labute approximate surface area is 58.7 Å². The molecule has 0 aliphatic heterocycles. The minimum Gasteiger partial charge on any atom is -0.478 e. The minimum atomic E-state index is -1.07. The molecule has 0 rings (SSSR count). The summed E-state index contributed by atoms with van der Waals surface area (Å²) in [6, 6.07) is 0. The summed E-state index contributed by atoms with van der Waals surface area (Å²) in [5.74, 6) is -1.07. The van der Waals surface area contributed by atoms with Crippen molar-refractivity contribution in [3.05, 3.63) is 12.2 Å². The Morgan fingerprint density at radius 2 is 2.20 bits per heavy atom. The lowest BCUT2D eigenvalue weighted by atomic mass is 10.3. The van der Waals surface area contributed by atoms with Crippen molar-refractivity contribution in [3.8, 4) is 0 Å². The minimum absolute atomic E-state index is 0.00606. The molecule has 0 unspecified atom stereocenters. The zero-order valence-corrected chi connectivity index (χ0v) is 5.54. The highest BCUT2D eigenvalue weighted by molar-refractivity contribution is 5.85. The van der Waals surface area contributed by atoms with Crippen LogP contribution in [-0.2, 0) is 9.53 Å². The second-order valence-corrected chi connectivity index (χ2v) is 1.68. The molecule has 58 valence electrons. The molecule has 10 heavy (non-hydrogen) atoms. The van der Waals surface area contributed by atoms with Gasteiger partial charge in [0.25, 0.3) is 0 Å². The van der Waals surface area contributed by atoms with Gasteiger partial charge in [-0.15, -0.1) is 0 Å². The Hall–Kier alpha value is -0.870. The van der Waals surface area contributed by atoms with E-state index in [-0.39, 0.29) is 25.4 Å². The van der Waals surface area contributed by atoms with Crippen molar-refractivity contribution in [2.45, 2.75) is 0 Å². The quantitative estimate of drug-likeness (QED) is 0.410. The number of hydrogen-bond donors (Lipinski definition) is 2. The molecular formula is C6H10O4. The standard InChI is InChI=1S/C6H10O4/c1-5(6(8)9)4-10-3-2-7/h7H,1-4H2,(H,8,9). The summed E-state index contributed by atoms with van der Waals surface area (Å²) in [7, 11) is 0. The first kappa shape index (κ1) is 9.13. The summed E-state index contributed by atoms with van der Waals surface area (Å²) in [5.41, 5.74) is -0.00606. The van der Waals surface area contributed by atoms with Crippen molar-refractivity contribution >= 4 is 5.97 Å². The Balaban J connectivity index is 3.31. The van der Waals surface area contributed by atoms with Crippen LogP contribution in [-0.4, -0.2) is 36.0 Å². The first-order chi connectivity index (χ1) is 4.68. The van der Waals surface area contributed by atoms with Crippen LogP contribution in [0.15, 0.2) is 12.2 Å². The Kier molecular flexibility index (Phi) is 4.53. The topological polar surface area (TPSA) is 66.8 Å². The van der Waals surface area contributed by atoms with Crippen molar-refractivity contribution in [3.63, 3.8) is 0 Å². The summed E-state index contributed by atoms with van der Waals surface area (Å²) < 4.78 is 4.68. The van der Waals surface area contributed by atoms with Gasteiger partial charge in [0.05, 0.1) is 25.4 Å². The van der Waals surface area contributed by atoms with E-state index in [0.29, 0.717) is 0 Å². The summed E-state index contributed by atoms with van der Waals surface area (Å²) in [4.78, 5) is 10.1. The van der Waals surface area contributed by atoms with E-state index in [0.717, 1.165) is 0 Å². The molecule has 0 heterocycles. The number of ether oxygens (including phenoxy) is 1. The largest absolute Gasteiger partial charge is 0.478 e. The number of carboxylic acid groups (broad SMARTS) is 1. The van der Waals surface area contributed by atoms with Crippen LogP contribution < -0.4 is 0 Å². The summed E-state index contributed by atoms with van der Waals surface area (Å²) in [6.07, 6.45) is 0. The van der Waals surface area contributed by atoms with Gasteiger partial charge in [0.15, 0.2) is 0 Å². The molecule has 4 nitrogen and oxygen atoms in total. The number of carbonyl (C=O) groups is 1. The van der Waals surface area contributed by atoms with Crippen LogP contribution in [0.1, 0.15) is 0 Å². The number of carboxylic acids is 1. The van der Waals surface area contributed by atoms with Crippen LogP contribution in [0, 0.1) is 0 Å². The average molecular weight is 146 g/mol. The molecule has 2 N–H and O–H groups in total. The van der Waals surface area contributed by atoms with Gasteiger partial charge in [-0.25, -0.2) is 4.79 Å². The molecule has 0 saturated heterocycles. The fourth-order valence-corrected chi connectivity index (χ4v) is 0.322. The molecule has 0 amide bonds. The molecule has 0 atom stereocenters. The molecule has 0 aliphatic carbocycles. The van der Waals surface area contributed by atoms with E-state index in [1.54, 1.807) is 0 Å². The van der Waals surface area contributed by atoms with E-state index < -0.39 is 5.97 Å². The Morgan fingerprint density at radius 3 is 2.60 bits per heavy atom. The van der Waals surface area contributed by atoms with Crippen LogP contribution in [0.5, 0.6) is 0 Å². The zero-order chi connectivity index (χ0) is 7.98. The van der Waals surface area contributed by atoms with Gasteiger partial charge in [0.2, 0.25) is 0 Å². The maximum atomic E-state index is 10.1. The second-order valence-electron chi connectivity index (χ2n) is 1.68. The predicted molar refractivity (Wildman–Crippen MR) is 34.7 cm³/mol. The number of rotatable bonds is 5. The van der Waals surface area contributed by atoms with Crippen molar-refractivity contribution in [2.24, 2.45) is 0 Å². The van der Waals surface area contributed by atoms with Gasteiger partial charge in [-0.2, -0.15) is 0 Å². The molecule has 0 fully saturated rings. The number of aliphatic hydroxyl groups is 1. The highest BCUT2D eigenvalue weighted by atomic mass is 16.5. The molecular weight excluding hydrogens is 136 g/mol. The second kappa shape index (κ2) is 4.96. The number of aliphatic carboxylic acids is 1. The SMILES string of the molecule is C=C(COCCO)C(=O)O. The average Bonchev–Trinajstić information content (AvgIpc) is 1.88. The molecule has 0 bridgehead atoms. The maximum absolute atomic E-state index is 10.1. The Morgan fingerprint density at radius 1 is 1.60 bits per heavy atom. The summed E-state index contributed by atoms with van der Waals surface area (Å²) in [5, 5.41) is 16.5. The van der Waals surface area contributed by atoms with Crippen LogP contribution in [0.25, 0.3) is 0 Å². The molecule has 4 heteroatoms. The maximum Gasteiger partial charge on any atom is 0.333 e. The van der Waals surface area contributed by atoms with Crippen molar-refractivity contribution in [2.75, 3.05) is 19.8 Å². The smallest absolute Gasteiger partial charge is 0.333 e. The van der Waals surface area contributed by atoms with Crippen LogP contribution >= 0.6 is 0 Å². The van der Waals surface area contributed by atoms with Crippen molar-refractivity contribution in [1.82, 2.24) is 0 Å². The summed E-state index contributed by atoms with van der Waals surface area (Å²) in [6.45, 7) is 3.23. The third-order valence-electron chi connectivity index (χ3n) is 0.814. The molecule has 0 aliphatic rings. The van der Waals surface area contributed by atoms with Gasteiger partial charge in [0.1, 0.15) is 0 Å². The predicted octanol–water partition coefficient (Wildman–Crippen LogP) is -0.364. The van der Waals surface area contributed by atoms with E-state index in [9.17, 15) is 4.79 Å². The monoisotopic (exact) mass is 146 g/mol. The lowest BCUT2D eigenvalue weighted by Gasteiger charge is -1.99. The molecule has 0 aromatic rings. The van der Waals surface area contributed by atoms with E-state index in [1.165, 1.54) is 0 Å². The molecule has 0 aromatic carbocycles. The first-order valence-corrected chi connectivity index (χ1v) is 2.78.